The predicted molar refractivity (Wildman–Crippen MR) is 135 cm³/mol. The molecule has 0 spiro atoms. The Hall–Kier alpha value is -1.50. The average Bonchev–Trinajstić information content (AvgIpc) is 2.74. The van der Waals surface area contributed by atoms with Crippen LogP contribution >= 0.6 is 19.4 Å². The predicted octanol–water partition coefficient (Wildman–Crippen LogP) is 6.98. The highest BCUT2D eigenvalue weighted by Gasteiger charge is 2.25. The van der Waals surface area contributed by atoms with Crippen molar-refractivity contribution in [2.75, 3.05) is 33.5 Å². The van der Waals surface area contributed by atoms with Crippen molar-refractivity contribution in [3.63, 3.8) is 0 Å². The van der Waals surface area contributed by atoms with E-state index in [1.807, 2.05) is 18.2 Å². The highest BCUT2D eigenvalue weighted by Crippen LogP contribution is 2.48. The molecule has 0 fully saturated rings. The van der Waals surface area contributed by atoms with Gasteiger partial charge >= 0.3 is 7.60 Å². The largest absolute Gasteiger partial charge is 0.481 e. The number of methoxy groups -OCH3 is 1. The van der Waals surface area contributed by atoms with Gasteiger partial charge in [-0.15, -0.1) is 11.8 Å². The van der Waals surface area contributed by atoms with Gasteiger partial charge in [0.15, 0.2) is 13.1 Å². The first-order valence-corrected chi connectivity index (χ1v) is 13.8. The van der Waals surface area contributed by atoms with Crippen LogP contribution in [0.25, 0.3) is 0 Å². The summed E-state index contributed by atoms with van der Waals surface area (Å²) in [4.78, 5) is 1.11. The maximum Gasteiger partial charge on any atom is 0.367 e. The molecule has 0 amide bonds. The zero-order chi connectivity index (χ0) is 24.4. The highest BCUT2D eigenvalue weighted by molar-refractivity contribution is 8.00. The molecule has 2 aromatic carbocycles. The number of hydrogen-bond donors (Lipinski definition) is 0. The molecule has 0 heterocycles. The Bertz CT molecular complexity index is 913. The second-order valence-corrected chi connectivity index (χ2v) is 11.5. The molecule has 8 heteroatoms. The molecule has 2 aromatic rings. The molecule has 6 nitrogen and oxygen atoms in total. The summed E-state index contributed by atoms with van der Waals surface area (Å²) in [7, 11) is -1.64. The van der Waals surface area contributed by atoms with Crippen LogP contribution in [0.3, 0.4) is 0 Å². The molecular weight excluding hydrogens is 459 g/mol. The van der Waals surface area contributed by atoms with E-state index in [0.29, 0.717) is 24.2 Å². The summed E-state index contributed by atoms with van der Waals surface area (Å²) in [6.07, 6.45) is 0.691. The standard InChI is InChI=1S/C25H37O6PS/c1-8-30-32(26,31-9-2)17-29-22-12-19(5)23(20(6)13-22)14-21-10-11-24(28-16-27-7)25(15-21)33-18(3)4/h10-13,15,18H,8-9,14,16-17H2,1-7H3. The molecule has 0 N–H and O–H groups in total. The van der Waals surface area contributed by atoms with Crippen molar-refractivity contribution in [1.82, 2.24) is 0 Å². The molecule has 0 aromatic heterocycles. The lowest BCUT2D eigenvalue weighted by Crippen LogP contribution is -2.06. The number of rotatable bonds is 14. The van der Waals surface area contributed by atoms with Gasteiger partial charge < -0.3 is 23.3 Å². The Morgan fingerprint density at radius 1 is 0.970 bits per heavy atom. The number of ether oxygens (including phenoxy) is 3. The van der Waals surface area contributed by atoms with Crippen LogP contribution in [0, 0.1) is 13.8 Å². The van der Waals surface area contributed by atoms with Crippen molar-refractivity contribution >= 4 is 19.4 Å². The van der Waals surface area contributed by atoms with Gasteiger partial charge in [0, 0.05) is 12.4 Å². The first kappa shape index (κ1) is 27.7. The molecule has 2 rings (SSSR count). The zero-order valence-electron chi connectivity index (χ0n) is 20.8. The Kier molecular flexibility index (Phi) is 11.3. The van der Waals surface area contributed by atoms with Gasteiger partial charge in [0.1, 0.15) is 11.5 Å². The fourth-order valence-corrected chi connectivity index (χ4v) is 5.72. The number of thioether (sulfide) groups is 1. The van der Waals surface area contributed by atoms with Crippen LogP contribution in [0.15, 0.2) is 35.2 Å². The van der Waals surface area contributed by atoms with Crippen molar-refractivity contribution in [3.8, 4) is 11.5 Å². The third kappa shape index (κ3) is 8.66. The molecule has 0 aliphatic heterocycles. The smallest absolute Gasteiger partial charge is 0.367 e. The van der Waals surface area contributed by atoms with Gasteiger partial charge in [0.2, 0.25) is 0 Å². The van der Waals surface area contributed by atoms with Crippen LogP contribution in [0.1, 0.15) is 49.9 Å². The SMILES string of the molecule is CCOP(=O)(COc1cc(C)c(Cc2ccc(OCOC)c(SC(C)C)c2)c(C)c1)OCC. The van der Waals surface area contributed by atoms with Crippen LogP contribution in [-0.4, -0.2) is 38.7 Å². The summed E-state index contributed by atoms with van der Waals surface area (Å²) >= 11 is 1.78. The van der Waals surface area contributed by atoms with Gasteiger partial charge in [-0.1, -0.05) is 19.9 Å². The van der Waals surface area contributed by atoms with Crippen molar-refractivity contribution in [1.29, 1.82) is 0 Å². The molecule has 0 radical (unpaired) electrons. The molecule has 0 aliphatic rings. The second kappa shape index (κ2) is 13.4. The Morgan fingerprint density at radius 3 is 2.15 bits per heavy atom. The normalized spacial score (nSPS) is 11.8. The van der Waals surface area contributed by atoms with Crippen molar-refractivity contribution in [3.05, 3.63) is 52.6 Å². The van der Waals surface area contributed by atoms with E-state index in [4.69, 9.17) is 23.3 Å². The van der Waals surface area contributed by atoms with Gasteiger partial charge in [0.05, 0.1) is 18.1 Å². The second-order valence-electron chi connectivity index (χ2n) is 7.93. The first-order valence-electron chi connectivity index (χ1n) is 11.2. The summed E-state index contributed by atoms with van der Waals surface area (Å²) in [6.45, 7) is 12.9. The zero-order valence-corrected chi connectivity index (χ0v) is 22.5. The van der Waals surface area contributed by atoms with E-state index >= 15 is 0 Å². The molecule has 184 valence electrons. The Balaban J connectivity index is 2.20. The number of hydrogen-bond acceptors (Lipinski definition) is 7. The maximum atomic E-state index is 12.7. The van der Waals surface area contributed by atoms with Crippen LogP contribution in [0.2, 0.25) is 0 Å². The molecule has 0 saturated heterocycles. The van der Waals surface area contributed by atoms with E-state index in [2.05, 4.69) is 39.8 Å². The van der Waals surface area contributed by atoms with E-state index in [9.17, 15) is 4.57 Å². The summed E-state index contributed by atoms with van der Waals surface area (Å²) in [5.41, 5.74) is 4.68. The van der Waals surface area contributed by atoms with Gasteiger partial charge in [-0.05, 0) is 80.6 Å². The van der Waals surface area contributed by atoms with Gasteiger partial charge in [0.25, 0.3) is 0 Å². The van der Waals surface area contributed by atoms with Crippen molar-refractivity contribution in [2.45, 2.75) is 58.1 Å². The monoisotopic (exact) mass is 496 g/mol. The van der Waals surface area contributed by atoms with Crippen LogP contribution in [0.5, 0.6) is 11.5 Å². The fraction of sp³-hybridized carbons (Fsp3) is 0.520. The maximum absolute atomic E-state index is 12.7. The number of aryl methyl sites for hydroxylation is 2. The topological polar surface area (TPSA) is 63.2 Å². The third-order valence-electron chi connectivity index (χ3n) is 4.79. The summed E-state index contributed by atoms with van der Waals surface area (Å²) in [5.74, 6) is 1.50. The van der Waals surface area contributed by atoms with Crippen molar-refractivity contribution in [2.24, 2.45) is 0 Å². The molecule has 0 saturated carbocycles. The van der Waals surface area contributed by atoms with Crippen LogP contribution in [0.4, 0.5) is 0 Å². The molecular formula is C25H37O6PS. The Labute approximate surface area is 202 Å². The Morgan fingerprint density at radius 2 is 1.61 bits per heavy atom. The lowest BCUT2D eigenvalue weighted by Gasteiger charge is -2.19. The minimum atomic E-state index is -3.26. The highest BCUT2D eigenvalue weighted by atomic mass is 32.2. The van der Waals surface area contributed by atoms with Gasteiger partial charge in [-0.3, -0.25) is 4.57 Å². The van der Waals surface area contributed by atoms with E-state index in [0.717, 1.165) is 28.2 Å². The van der Waals surface area contributed by atoms with Crippen LogP contribution in [-0.2, 0) is 24.8 Å². The van der Waals surface area contributed by atoms with E-state index in [1.54, 1.807) is 32.7 Å². The average molecular weight is 497 g/mol. The lowest BCUT2D eigenvalue weighted by molar-refractivity contribution is 0.0491. The number of benzene rings is 2. The molecule has 33 heavy (non-hydrogen) atoms. The summed E-state index contributed by atoms with van der Waals surface area (Å²) in [5, 5.41) is 0.439. The summed E-state index contributed by atoms with van der Waals surface area (Å²) < 4.78 is 39.9. The van der Waals surface area contributed by atoms with Crippen LogP contribution < -0.4 is 9.47 Å². The molecule has 0 bridgehead atoms. The van der Waals surface area contributed by atoms with Gasteiger partial charge in [-0.2, -0.15) is 0 Å². The third-order valence-corrected chi connectivity index (χ3v) is 7.59. The fourth-order valence-electron chi connectivity index (χ4n) is 3.43. The van der Waals surface area contributed by atoms with Gasteiger partial charge in [-0.25, -0.2) is 0 Å². The van der Waals surface area contributed by atoms with Crippen molar-refractivity contribution < 1.29 is 27.8 Å². The minimum absolute atomic E-state index is 0.106. The minimum Gasteiger partial charge on any atom is -0.481 e. The quantitative estimate of drug-likeness (QED) is 0.159. The van der Waals surface area contributed by atoms with E-state index < -0.39 is 7.60 Å². The molecule has 0 atom stereocenters. The summed E-state index contributed by atoms with van der Waals surface area (Å²) in [6, 6.07) is 10.3. The first-order chi connectivity index (χ1) is 15.7. The van der Waals surface area contributed by atoms with E-state index in [1.165, 1.54) is 11.1 Å². The molecule has 0 unspecified atom stereocenters. The van der Waals surface area contributed by atoms with E-state index in [-0.39, 0.29) is 13.1 Å². The lowest BCUT2D eigenvalue weighted by atomic mass is 9.96. The molecule has 0 aliphatic carbocycles.